The van der Waals surface area contributed by atoms with Crippen molar-refractivity contribution in [2.24, 2.45) is 5.92 Å². The molecule has 0 fully saturated rings. The molecule has 0 aliphatic carbocycles. The zero-order chi connectivity index (χ0) is 8.15. The topological polar surface area (TPSA) is 52.9 Å². The Morgan fingerprint density at radius 2 is 1.80 bits per heavy atom. The van der Waals surface area contributed by atoms with E-state index >= 15 is 0 Å². The summed E-state index contributed by atoms with van der Waals surface area (Å²) in [5.41, 5.74) is 0. The summed E-state index contributed by atoms with van der Waals surface area (Å²) < 4.78 is 0. The molecule has 0 saturated heterocycles. The van der Waals surface area contributed by atoms with Gasteiger partial charge in [0.15, 0.2) is 0 Å². The van der Waals surface area contributed by atoms with E-state index in [4.69, 9.17) is 10.4 Å². The zero-order valence-corrected chi connectivity index (χ0v) is 6.61. The first kappa shape index (κ1) is 9.84. The van der Waals surface area contributed by atoms with Gasteiger partial charge in [-0.2, -0.15) is 0 Å². The summed E-state index contributed by atoms with van der Waals surface area (Å²) in [5, 5.41) is 16.2. The van der Waals surface area contributed by atoms with E-state index in [1.54, 1.807) is 6.92 Å². The van der Waals surface area contributed by atoms with Gasteiger partial charge in [-0.25, -0.2) is 4.84 Å². The fraction of sp³-hybridized carbons (Fsp3) is 1.00. The molecule has 0 aromatic heterocycles. The molecule has 0 bridgehead atoms. The second-order valence-corrected chi connectivity index (χ2v) is 2.80. The summed E-state index contributed by atoms with van der Waals surface area (Å²) in [4.78, 5) is 4.51. The van der Waals surface area contributed by atoms with E-state index in [9.17, 15) is 0 Å². The molecule has 10 heavy (non-hydrogen) atoms. The van der Waals surface area contributed by atoms with Crippen LogP contribution >= 0.6 is 0 Å². The molecule has 2 N–H and O–H groups in total. The highest BCUT2D eigenvalue weighted by Gasteiger charge is 2.07. The van der Waals surface area contributed by atoms with Gasteiger partial charge in [0.1, 0.15) is 0 Å². The number of rotatable bonds is 4. The van der Waals surface area contributed by atoms with Crippen molar-refractivity contribution in [2.45, 2.75) is 33.3 Å². The Morgan fingerprint density at radius 1 is 1.30 bits per heavy atom. The second kappa shape index (κ2) is 4.62. The lowest BCUT2D eigenvalue weighted by atomic mass is 10.1. The normalized spacial score (nSPS) is 14.7. The Hall–Kier alpha value is -0.160. The van der Waals surface area contributed by atoms with E-state index in [0.717, 1.165) is 6.42 Å². The minimum Gasteiger partial charge on any atom is -0.266 e. The van der Waals surface area contributed by atoms with Crippen LogP contribution in [0, 0.1) is 5.92 Å². The van der Waals surface area contributed by atoms with Gasteiger partial charge >= 0.3 is 0 Å². The third kappa shape index (κ3) is 5.97. The second-order valence-electron chi connectivity index (χ2n) is 2.80. The highest BCUT2D eigenvalue weighted by molar-refractivity contribution is 4.51. The number of hydrogen-bond donors (Lipinski definition) is 2. The van der Waals surface area contributed by atoms with Gasteiger partial charge in [0.2, 0.25) is 0 Å². The van der Waals surface area contributed by atoms with Crippen LogP contribution in [-0.2, 0) is 4.84 Å². The molecule has 1 atom stereocenters. The molecule has 0 amide bonds. The Labute approximate surface area is 60.9 Å². The molecule has 0 spiro atoms. The molecule has 0 radical (unpaired) electrons. The molecule has 0 aliphatic rings. The largest absolute Gasteiger partial charge is 0.266 e. The quantitative estimate of drug-likeness (QED) is 0.594. The highest BCUT2D eigenvalue weighted by atomic mass is 17.1. The van der Waals surface area contributed by atoms with Crippen molar-refractivity contribution in [2.75, 3.05) is 0 Å². The van der Waals surface area contributed by atoms with E-state index in [0.29, 0.717) is 5.92 Å². The maximum atomic E-state index is 8.20. The van der Waals surface area contributed by atoms with Crippen molar-refractivity contribution in [3.8, 4) is 0 Å². The molecule has 0 rings (SSSR count). The van der Waals surface area contributed by atoms with Crippen LogP contribution in [-0.4, -0.2) is 21.9 Å². The highest BCUT2D eigenvalue weighted by Crippen LogP contribution is 2.07. The Morgan fingerprint density at radius 3 is 2.10 bits per heavy atom. The molecule has 0 aromatic rings. The predicted molar refractivity (Wildman–Crippen MR) is 35.4 cm³/mol. The van der Waals surface area contributed by atoms with Crippen LogP contribution in [0.5, 0.6) is 0 Å². The van der Waals surface area contributed by atoms with Crippen LogP contribution in [0.15, 0.2) is 0 Å². The van der Waals surface area contributed by atoms with Gasteiger partial charge in [-0.3, -0.25) is 10.4 Å². The van der Waals surface area contributed by atoms with Crippen LogP contribution in [0.1, 0.15) is 27.2 Å². The number of hydrogen-bond acceptors (Lipinski definition) is 4. The minimum absolute atomic E-state index is 0.157. The predicted octanol–water partition coefficient (Wildman–Crippen LogP) is 1.43. The Kier molecular flexibility index (Phi) is 4.55. The van der Waals surface area contributed by atoms with Crippen molar-refractivity contribution in [3.63, 3.8) is 0 Å². The summed E-state index contributed by atoms with van der Waals surface area (Å²) in [7, 11) is 0. The van der Waals surface area contributed by atoms with Crippen molar-refractivity contribution < 1.29 is 15.3 Å². The monoisotopic (exact) mass is 149 g/mol. The van der Waals surface area contributed by atoms with Crippen molar-refractivity contribution in [3.05, 3.63) is 0 Å². The maximum absolute atomic E-state index is 8.20. The molecular weight excluding hydrogens is 134 g/mol. The lowest BCUT2D eigenvalue weighted by Crippen LogP contribution is -2.22. The molecule has 0 aromatic carbocycles. The first-order chi connectivity index (χ1) is 4.52. The van der Waals surface area contributed by atoms with E-state index in [1.165, 1.54) is 0 Å². The van der Waals surface area contributed by atoms with Gasteiger partial charge in [0.05, 0.1) is 11.5 Å². The Bertz CT molecular complexity index is 75.1. The van der Waals surface area contributed by atoms with Gasteiger partial charge in [-0.05, 0) is 19.3 Å². The van der Waals surface area contributed by atoms with E-state index in [2.05, 4.69) is 4.84 Å². The SMILES string of the molecule is CC(C)C[C@@H](C)ON(O)O. The smallest absolute Gasteiger partial charge is 0.0818 e. The summed E-state index contributed by atoms with van der Waals surface area (Å²) >= 11 is 0. The third-order valence-corrected chi connectivity index (χ3v) is 1.08. The lowest BCUT2D eigenvalue weighted by molar-refractivity contribution is -0.504. The average molecular weight is 149 g/mol. The fourth-order valence-electron chi connectivity index (χ4n) is 0.868. The standard InChI is InChI=1S/C6H15NO3/c1-5(2)4-6(3)10-7(8)9/h5-6,8-9H,4H2,1-3H3/t6-/m1/s1. The van der Waals surface area contributed by atoms with E-state index in [-0.39, 0.29) is 11.5 Å². The summed E-state index contributed by atoms with van der Waals surface area (Å²) in [5.74, 6) is 0.495. The third-order valence-electron chi connectivity index (χ3n) is 1.08. The Balaban J connectivity index is 3.34. The van der Waals surface area contributed by atoms with E-state index < -0.39 is 0 Å². The molecule has 0 unspecified atom stereocenters. The molecular formula is C6H15NO3. The summed E-state index contributed by atoms with van der Waals surface area (Å²) in [6.45, 7) is 5.86. The van der Waals surface area contributed by atoms with Crippen LogP contribution in [0.25, 0.3) is 0 Å². The number of nitrogens with zero attached hydrogens (tertiary/aromatic N) is 1. The lowest BCUT2D eigenvalue weighted by Gasteiger charge is -2.15. The van der Waals surface area contributed by atoms with Gasteiger partial charge in [-0.15, -0.1) is 0 Å². The van der Waals surface area contributed by atoms with Crippen LogP contribution in [0.2, 0.25) is 0 Å². The summed E-state index contributed by atoms with van der Waals surface area (Å²) in [6.07, 6.45) is 0.646. The van der Waals surface area contributed by atoms with Gasteiger partial charge in [-0.1, -0.05) is 13.8 Å². The van der Waals surface area contributed by atoms with Gasteiger partial charge in [0.25, 0.3) is 0 Å². The van der Waals surface area contributed by atoms with Crippen molar-refractivity contribution in [1.29, 1.82) is 0 Å². The zero-order valence-electron chi connectivity index (χ0n) is 6.61. The van der Waals surface area contributed by atoms with Gasteiger partial charge in [0, 0.05) is 0 Å². The molecule has 4 heteroatoms. The van der Waals surface area contributed by atoms with Gasteiger partial charge < -0.3 is 0 Å². The molecule has 62 valence electrons. The van der Waals surface area contributed by atoms with Crippen LogP contribution in [0.4, 0.5) is 0 Å². The minimum atomic E-state index is -0.243. The molecule has 0 saturated carbocycles. The average Bonchev–Trinajstić information content (AvgIpc) is 1.58. The van der Waals surface area contributed by atoms with Crippen molar-refractivity contribution >= 4 is 0 Å². The maximum Gasteiger partial charge on any atom is 0.0818 e. The van der Waals surface area contributed by atoms with Crippen molar-refractivity contribution in [1.82, 2.24) is 5.39 Å². The summed E-state index contributed by atoms with van der Waals surface area (Å²) in [6, 6.07) is 0. The molecule has 0 heterocycles. The molecule has 0 aliphatic heterocycles. The van der Waals surface area contributed by atoms with Crippen LogP contribution in [0.3, 0.4) is 0 Å². The first-order valence-electron chi connectivity index (χ1n) is 3.37. The fourth-order valence-corrected chi connectivity index (χ4v) is 0.868. The van der Waals surface area contributed by atoms with Crippen LogP contribution < -0.4 is 0 Å². The first-order valence-corrected chi connectivity index (χ1v) is 3.37. The van der Waals surface area contributed by atoms with E-state index in [1.807, 2.05) is 13.8 Å². The molecule has 4 nitrogen and oxygen atoms in total.